The van der Waals surface area contributed by atoms with Crippen molar-refractivity contribution in [1.29, 1.82) is 0 Å². The lowest BCUT2D eigenvalue weighted by molar-refractivity contribution is 0.115. The minimum Gasteiger partial charge on any atom is -0.379 e. The van der Waals surface area contributed by atoms with Gasteiger partial charge in [0.2, 0.25) is 0 Å². The number of guanidine groups is 1. The Hall–Kier alpha value is -1.55. The fraction of sp³-hybridized carbons (Fsp3) is 0.588. The molecule has 0 saturated heterocycles. The molecule has 0 spiro atoms. The predicted octanol–water partition coefficient (Wildman–Crippen LogP) is 2.51. The molecule has 0 unspecified atom stereocenters. The summed E-state index contributed by atoms with van der Waals surface area (Å²) in [6.45, 7) is 6.23. The van der Waals surface area contributed by atoms with Crippen molar-refractivity contribution in [2.45, 2.75) is 26.3 Å². The Bertz CT molecular complexity index is 429. The molecular weight excluding hydrogens is 262 g/mol. The van der Waals surface area contributed by atoms with Gasteiger partial charge in [0.1, 0.15) is 0 Å². The second-order valence-corrected chi connectivity index (χ2v) is 5.60. The largest absolute Gasteiger partial charge is 0.379 e. The van der Waals surface area contributed by atoms with Crippen molar-refractivity contribution in [3.63, 3.8) is 0 Å². The van der Waals surface area contributed by atoms with Gasteiger partial charge < -0.3 is 15.0 Å². The van der Waals surface area contributed by atoms with Crippen LogP contribution in [0.1, 0.15) is 25.3 Å². The van der Waals surface area contributed by atoms with Gasteiger partial charge in [-0.05, 0) is 31.2 Å². The van der Waals surface area contributed by atoms with Gasteiger partial charge in [-0.2, -0.15) is 0 Å². The van der Waals surface area contributed by atoms with Crippen molar-refractivity contribution in [1.82, 2.24) is 10.2 Å². The van der Waals surface area contributed by atoms with Crippen LogP contribution < -0.4 is 5.32 Å². The van der Waals surface area contributed by atoms with E-state index in [1.807, 2.05) is 18.2 Å². The molecule has 1 fully saturated rings. The number of benzene rings is 1. The number of aliphatic imine (C=N–C) groups is 1. The highest BCUT2D eigenvalue weighted by molar-refractivity contribution is 5.79. The van der Waals surface area contributed by atoms with Crippen molar-refractivity contribution in [2.75, 3.05) is 33.4 Å². The molecule has 0 radical (unpaired) electrons. The van der Waals surface area contributed by atoms with Crippen molar-refractivity contribution in [3.8, 4) is 0 Å². The summed E-state index contributed by atoms with van der Waals surface area (Å²) in [5.41, 5.74) is 1.23. The Kier molecular flexibility index (Phi) is 6.54. The highest BCUT2D eigenvalue weighted by atomic mass is 16.5. The van der Waals surface area contributed by atoms with Gasteiger partial charge in [-0.15, -0.1) is 0 Å². The first-order valence-electron chi connectivity index (χ1n) is 7.90. The van der Waals surface area contributed by atoms with Crippen LogP contribution >= 0.6 is 0 Å². The van der Waals surface area contributed by atoms with Gasteiger partial charge in [-0.3, -0.25) is 0 Å². The molecule has 0 aliphatic heterocycles. The van der Waals surface area contributed by atoms with Gasteiger partial charge in [0.15, 0.2) is 5.96 Å². The lowest BCUT2D eigenvalue weighted by atomic mass is 10.2. The molecule has 1 aromatic rings. The van der Waals surface area contributed by atoms with Crippen LogP contribution in [0.3, 0.4) is 0 Å². The fourth-order valence-corrected chi connectivity index (χ4v) is 2.06. The van der Waals surface area contributed by atoms with E-state index in [1.54, 1.807) is 0 Å². The van der Waals surface area contributed by atoms with E-state index in [4.69, 9.17) is 4.74 Å². The van der Waals surface area contributed by atoms with E-state index in [0.717, 1.165) is 38.2 Å². The second kappa shape index (κ2) is 8.67. The number of rotatable bonds is 8. The molecule has 0 bridgehead atoms. The quantitative estimate of drug-likeness (QED) is 0.454. The third-order valence-electron chi connectivity index (χ3n) is 3.57. The first kappa shape index (κ1) is 15.8. The molecule has 1 aliphatic rings. The Balaban J connectivity index is 1.77. The van der Waals surface area contributed by atoms with Gasteiger partial charge in [0.05, 0.1) is 13.2 Å². The SMILES string of the molecule is CCNC(=NCc1ccccc1)N(C)CCOCC1CC1. The molecule has 1 aliphatic carbocycles. The summed E-state index contributed by atoms with van der Waals surface area (Å²) in [7, 11) is 2.06. The Morgan fingerprint density at radius 2 is 2.10 bits per heavy atom. The van der Waals surface area contributed by atoms with E-state index < -0.39 is 0 Å². The monoisotopic (exact) mass is 289 g/mol. The molecule has 4 heteroatoms. The Morgan fingerprint density at radius 3 is 2.76 bits per heavy atom. The number of nitrogens with zero attached hydrogens (tertiary/aromatic N) is 2. The minimum atomic E-state index is 0.705. The highest BCUT2D eigenvalue weighted by Gasteiger charge is 2.21. The van der Waals surface area contributed by atoms with Gasteiger partial charge in [0, 0.05) is 26.7 Å². The van der Waals surface area contributed by atoms with Crippen LogP contribution in [0.4, 0.5) is 0 Å². The van der Waals surface area contributed by atoms with Gasteiger partial charge in [-0.1, -0.05) is 30.3 Å². The summed E-state index contributed by atoms with van der Waals surface area (Å²) >= 11 is 0. The molecular formula is C17H27N3O. The van der Waals surface area contributed by atoms with E-state index in [2.05, 4.69) is 41.3 Å². The number of ether oxygens (including phenoxy) is 1. The van der Waals surface area contributed by atoms with Crippen molar-refractivity contribution < 1.29 is 4.74 Å². The average molecular weight is 289 g/mol. The number of nitrogens with one attached hydrogen (secondary N) is 1. The molecule has 1 saturated carbocycles. The zero-order valence-electron chi connectivity index (χ0n) is 13.2. The number of likely N-dealkylation sites (N-methyl/N-ethyl adjacent to an activating group) is 1. The van der Waals surface area contributed by atoms with Crippen molar-refractivity contribution >= 4 is 5.96 Å². The predicted molar refractivity (Wildman–Crippen MR) is 87.4 cm³/mol. The van der Waals surface area contributed by atoms with Crippen LogP contribution in [-0.4, -0.2) is 44.2 Å². The van der Waals surface area contributed by atoms with Gasteiger partial charge in [0.25, 0.3) is 0 Å². The molecule has 0 amide bonds. The number of hydrogen-bond donors (Lipinski definition) is 1. The highest BCUT2D eigenvalue weighted by Crippen LogP contribution is 2.28. The van der Waals surface area contributed by atoms with Crippen molar-refractivity contribution in [2.24, 2.45) is 10.9 Å². The summed E-state index contributed by atoms with van der Waals surface area (Å²) in [5.74, 6) is 1.77. The molecule has 1 aromatic carbocycles. The number of hydrogen-bond acceptors (Lipinski definition) is 2. The lowest BCUT2D eigenvalue weighted by Gasteiger charge is -2.22. The molecule has 0 heterocycles. The smallest absolute Gasteiger partial charge is 0.194 e. The maximum absolute atomic E-state index is 5.69. The Labute approximate surface area is 128 Å². The normalized spacial score (nSPS) is 15.0. The summed E-state index contributed by atoms with van der Waals surface area (Å²) < 4.78 is 5.69. The molecule has 21 heavy (non-hydrogen) atoms. The molecule has 0 aromatic heterocycles. The second-order valence-electron chi connectivity index (χ2n) is 5.60. The molecule has 1 N–H and O–H groups in total. The van der Waals surface area contributed by atoms with Crippen LogP contribution in [0.25, 0.3) is 0 Å². The van der Waals surface area contributed by atoms with E-state index in [0.29, 0.717) is 6.54 Å². The van der Waals surface area contributed by atoms with E-state index in [1.165, 1.54) is 18.4 Å². The van der Waals surface area contributed by atoms with E-state index >= 15 is 0 Å². The average Bonchev–Trinajstić information content (AvgIpc) is 3.33. The first-order chi connectivity index (χ1) is 10.3. The topological polar surface area (TPSA) is 36.9 Å². The van der Waals surface area contributed by atoms with Crippen LogP contribution in [0.2, 0.25) is 0 Å². The zero-order chi connectivity index (χ0) is 14.9. The van der Waals surface area contributed by atoms with E-state index in [9.17, 15) is 0 Å². The Morgan fingerprint density at radius 1 is 1.33 bits per heavy atom. The van der Waals surface area contributed by atoms with Gasteiger partial charge in [-0.25, -0.2) is 4.99 Å². The summed E-state index contributed by atoms with van der Waals surface area (Å²) in [5, 5.41) is 3.34. The summed E-state index contributed by atoms with van der Waals surface area (Å²) in [6, 6.07) is 10.3. The zero-order valence-corrected chi connectivity index (χ0v) is 13.2. The fourth-order valence-electron chi connectivity index (χ4n) is 2.06. The molecule has 2 rings (SSSR count). The van der Waals surface area contributed by atoms with E-state index in [-0.39, 0.29) is 0 Å². The van der Waals surface area contributed by atoms with Crippen molar-refractivity contribution in [3.05, 3.63) is 35.9 Å². The van der Waals surface area contributed by atoms with Gasteiger partial charge >= 0.3 is 0 Å². The molecule has 0 atom stereocenters. The van der Waals surface area contributed by atoms with Crippen LogP contribution in [0.15, 0.2) is 35.3 Å². The first-order valence-corrected chi connectivity index (χ1v) is 7.90. The van der Waals surface area contributed by atoms with Crippen LogP contribution in [0.5, 0.6) is 0 Å². The minimum absolute atomic E-state index is 0.705. The molecule has 116 valence electrons. The summed E-state index contributed by atoms with van der Waals surface area (Å²) in [6.07, 6.45) is 2.69. The van der Waals surface area contributed by atoms with Crippen LogP contribution in [-0.2, 0) is 11.3 Å². The lowest BCUT2D eigenvalue weighted by Crippen LogP contribution is -2.40. The summed E-state index contributed by atoms with van der Waals surface area (Å²) in [4.78, 5) is 6.82. The van der Waals surface area contributed by atoms with Crippen LogP contribution in [0, 0.1) is 5.92 Å². The maximum atomic E-state index is 5.69. The third-order valence-corrected chi connectivity index (χ3v) is 3.57. The third kappa shape index (κ3) is 6.17. The molecule has 4 nitrogen and oxygen atoms in total. The maximum Gasteiger partial charge on any atom is 0.194 e. The standard InChI is InChI=1S/C17H27N3O/c1-3-18-17(19-13-15-7-5-4-6-8-15)20(2)11-12-21-14-16-9-10-16/h4-8,16H,3,9-14H2,1-2H3,(H,18,19).